The quantitative estimate of drug-likeness (QED) is 0.158. The highest BCUT2D eigenvalue weighted by molar-refractivity contribution is 6.38. The first-order chi connectivity index (χ1) is 22.3. The Morgan fingerprint density at radius 3 is 2.38 bits per heavy atom. The molecule has 5 amide bonds. The van der Waals surface area contributed by atoms with E-state index in [-0.39, 0.29) is 47.8 Å². The zero-order valence-electron chi connectivity index (χ0n) is 28.0. The number of piperidine rings is 1. The lowest BCUT2D eigenvalue weighted by atomic mass is 9.60. The van der Waals surface area contributed by atoms with E-state index in [4.69, 9.17) is 0 Å². The van der Waals surface area contributed by atoms with Gasteiger partial charge in [0, 0.05) is 19.0 Å². The number of hydrogen-bond acceptors (Lipinski definition) is 7. The average Bonchev–Trinajstić information content (AvgIpc) is 3.58. The number of nitrogens with one attached hydrogen (secondary N) is 5. The Morgan fingerprint density at radius 1 is 1.04 bits per heavy atom. The molecule has 256 valence electrons. The number of nitrogens with zero attached hydrogens (tertiary/aromatic N) is 1. The van der Waals surface area contributed by atoms with E-state index in [0.717, 1.165) is 32.1 Å². The lowest BCUT2D eigenvalue weighted by Gasteiger charge is -2.55. The third-order valence-corrected chi connectivity index (χ3v) is 10.6. The summed E-state index contributed by atoms with van der Waals surface area (Å²) in [6.45, 7) is 8.70. The topological polar surface area (TPSA) is 187 Å². The minimum Gasteiger partial charge on any atom is -0.348 e. The number of carbonyl (C=O) groups excluding carboxylic acids is 7. The molecular formula is C34H48N6O7. The van der Waals surface area contributed by atoms with Crippen molar-refractivity contribution in [1.29, 1.82) is 0 Å². The van der Waals surface area contributed by atoms with Crippen LogP contribution in [0.4, 0.5) is 0 Å². The Morgan fingerprint density at radius 2 is 1.77 bits per heavy atom. The predicted octanol–water partition coefficient (Wildman–Crippen LogP) is 1.55. The first-order valence-electron chi connectivity index (χ1n) is 17.1. The van der Waals surface area contributed by atoms with Crippen LogP contribution in [0.5, 0.6) is 0 Å². The van der Waals surface area contributed by atoms with Crippen LogP contribution in [0.25, 0.3) is 0 Å². The molecule has 3 heterocycles. The molecular weight excluding hydrogens is 604 g/mol. The number of aromatic nitrogens is 1. The fraction of sp³-hybridized carbons (Fsp3) is 0.676. The summed E-state index contributed by atoms with van der Waals surface area (Å²) in [6.07, 6.45) is 6.19. The fourth-order valence-corrected chi connectivity index (χ4v) is 7.98. The van der Waals surface area contributed by atoms with Crippen LogP contribution in [0.15, 0.2) is 6.07 Å². The third kappa shape index (κ3) is 6.85. The minimum atomic E-state index is -0.986. The van der Waals surface area contributed by atoms with Gasteiger partial charge in [-0.15, -0.1) is 0 Å². The summed E-state index contributed by atoms with van der Waals surface area (Å²) in [5.41, 5.74) is 0.599. The SMILES string of the molecule is CCC[C@H](NC(=O)[C@@H]1C[C@@H]2CCCC3[C@@H]2N1C(=O)[C@@H](NC(=O)CNC(=O)c1cc(CC)c(C(C)=O)[nH]1)C3(C)C)C(=O)C(=O)NC1CC1. The van der Waals surface area contributed by atoms with Crippen LogP contribution in [-0.4, -0.2) is 87.7 Å². The van der Waals surface area contributed by atoms with Gasteiger partial charge in [0.15, 0.2) is 5.78 Å². The van der Waals surface area contributed by atoms with E-state index in [0.29, 0.717) is 36.9 Å². The van der Waals surface area contributed by atoms with E-state index in [9.17, 15) is 33.6 Å². The van der Waals surface area contributed by atoms with Gasteiger partial charge in [0.1, 0.15) is 17.8 Å². The molecule has 0 bridgehead atoms. The zero-order valence-corrected chi connectivity index (χ0v) is 28.0. The van der Waals surface area contributed by atoms with Crippen LogP contribution >= 0.6 is 0 Å². The van der Waals surface area contributed by atoms with Crippen LogP contribution in [0, 0.1) is 17.3 Å². The molecule has 2 saturated carbocycles. The summed E-state index contributed by atoms with van der Waals surface area (Å²) in [5, 5.41) is 10.9. The highest BCUT2D eigenvalue weighted by Crippen LogP contribution is 2.53. The van der Waals surface area contributed by atoms with E-state index in [1.807, 2.05) is 27.7 Å². The van der Waals surface area contributed by atoms with Crippen LogP contribution < -0.4 is 21.3 Å². The molecule has 0 radical (unpaired) electrons. The van der Waals surface area contributed by atoms with Crippen LogP contribution in [0.2, 0.25) is 0 Å². The number of Topliss-reactive ketones (excluding diaryl/α,β-unsaturated/α-hetero) is 2. The molecule has 5 rings (SSSR count). The van der Waals surface area contributed by atoms with Crippen molar-refractivity contribution in [2.45, 2.75) is 123 Å². The lowest BCUT2D eigenvalue weighted by Crippen LogP contribution is -2.69. The van der Waals surface area contributed by atoms with Gasteiger partial charge < -0.3 is 31.2 Å². The summed E-state index contributed by atoms with van der Waals surface area (Å²) in [5.74, 6) is -3.38. The Labute approximate surface area is 275 Å². The maximum Gasteiger partial charge on any atom is 0.289 e. The molecule has 4 fully saturated rings. The van der Waals surface area contributed by atoms with Gasteiger partial charge in [0.25, 0.3) is 11.8 Å². The molecule has 2 saturated heterocycles. The molecule has 0 spiro atoms. The Bertz CT molecular complexity index is 1460. The first kappa shape index (κ1) is 34.3. The van der Waals surface area contributed by atoms with Crippen molar-refractivity contribution in [3.05, 3.63) is 23.0 Å². The van der Waals surface area contributed by atoms with Crippen molar-refractivity contribution < 1.29 is 33.6 Å². The molecule has 2 aliphatic heterocycles. The van der Waals surface area contributed by atoms with Crippen molar-refractivity contribution in [3.63, 3.8) is 0 Å². The van der Waals surface area contributed by atoms with E-state index in [2.05, 4.69) is 26.3 Å². The van der Waals surface area contributed by atoms with Gasteiger partial charge in [-0.1, -0.05) is 40.5 Å². The van der Waals surface area contributed by atoms with Gasteiger partial charge in [-0.3, -0.25) is 33.6 Å². The highest BCUT2D eigenvalue weighted by Gasteiger charge is 2.62. The third-order valence-electron chi connectivity index (χ3n) is 10.6. The number of carbonyl (C=O) groups is 7. The predicted molar refractivity (Wildman–Crippen MR) is 171 cm³/mol. The zero-order chi connectivity index (χ0) is 34.2. The maximum atomic E-state index is 14.3. The summed E-state index contributed by atoms with van der Waals surface area (Å²) in [7, 11) is 0. The molecule has 5 N–H and O–H groups in total. The number of aromatic amines is 1. The van der Waals surface area contributed by atoms with E-state index in [1.54, 1.807) is 11.0 Å². The minimum absolute atomic E-state index is 0.0103. The largest absolute Gasteiger partial charge is 0.348 e. The van der Waals surface area contributed by atoms with Gasteiger partial charge in [-0.2, -0.15) is 0 Å². The van der Waals surface area contributed by atoms with E-state index in [1.165, 1.54) is 6.92 Å². The molecule has 0 aromatic carbocycles. The molecule has 4 aliphatic rings. The van der Waals surface area contributed by atoms with E-state index >= 15 is 0 Å². The van der Waals surface area contributed by atoms with Crippen molar-refractivity contribution in [3.8, 4) is 0 Å². The van der Waals surface area contributed by atoms with Gasteiger partial charge in [-0.25, -0.2) is 0 Å². The lowest BCUT2D eigenvalue weighted by molar-refractivity contribution is -0.159. The summed E-state index contributed by atoms with van der Waals surface area (Å²) in [4.78, 5) is 96.0. The second-order valence-corrected chi connectivity index (χ2v) is 14.2. The monoisotopic (exact) mass is 652 g/mol. The Hall–Kier alpha value is -4.03. The number of amides is 5. The molecule has 13 heteroatoms. The Balaban J connectivity index is 1.29. The molecule has 1 aromatic rings. The number of aryl methyl sites for hydroxylation is 1. The number of H-pyrrole nitrogens is 1. The van der Waals surface area contributed by atoms with Crippen molar-refractivity contribution in [1.82, 2.24) is 31.2 Å². The van der Waals surface area contributed by atoms with Crippen molar-refractivity contribution >= 4 is 41.1 Å². The van der Waals surface area contributed by atoms with Crippen LogP contribution in [0.1, 0.15) is 113 Å². The normalized spacial score (nSPS) is 26.5. The second kappa shape index (κ2) is 13.6. The fourth-order valence-electron chi connectivity index (χ4n) is 7.98. The molecule has 47 heavy (non-hydrogen) atoms. The van der Waals surface area contributed by atoms with Gasteiger partial charge in [-0.05, 0) is 73.8 Å². The molecule has 1 unspecified atom stereocenters. The second-order valence-electron chi connectivity index (χ2n) is 14.2. The Kier molecular flexibility index (Phi) is 9.93. The average molecular weight is 653 g/mol. The molecule has 1 aromatic heterocycles. The molecule has 6 atom stereocenters. The standard InChI is InChI=1S/C34H48N6O7/c1-6-9-22(28(43)32(46)36-20-12-13-20)38-31(45)24-15-19-10-8-11-21-27(19)40(24)33(47)29(34(21,4)5)39-25(42)16-35-30(44)23-14-18(7-2)26(37-23)17(3)41/h14,19-22,24,27,29,37H,6-13,15-16H2,1-5H3,(H,35,44)(H,36,46)(H,38,45)(H,39,42)/t19-,21?,22-,24-,27+,29+/m0/s1. The smallest absolute Gasteiger partial charge is 0.289 e. The van der Waals surface area contributed by atoms with Gasteiger partial charge in [0.05, 0.1) is 18.3 Å². The summed E-state index contributed by atoms with van der Waals surface area (Å²) >= 11 is 0. The summed E-state index contributed by atoms with van der Waals surface area (Å²) in [6, 6.07) is -1.34. The van der Waals surface area contributed by atoms with Crippen molar-refractivity contribution in [2.75, 3.05) is 6.54 Å². The van der Waals surface area contributed by atoms with Crippen molar-refractivity contribution in [2.24, 2.45) is 17.3 Å². The van der Waals surface area contributed by atoms with Gasteiger partial charge in [0.2, 0.25) is 23.5 Å². The van der Waals surface area contributed by atoms with Gasteiger partial charge >= 0.3 is 0 Å². The molecule has 13 nitrogen and oxygen atoms in total. The maximum absolute atomic E-state index is 14.3. The first-order valence-corrected chi connectivity index (χ1v) is 17.1. The summed E-state index contributed by atoms with van der Waals surface area (Å²) < 4.78 is 0. The number of ketones is 2. The number of hydrogen-bond donors (Lipinski definition) is 5. The number of rotatable bonds is 13. The highest BCUT2D eigenvalue weighted by atomic mass is 16.2. The molecule has 2 aliphatic carbocycles. The van der Waals surface area contributed by atoms with E-state index < -0.39 is 53.0 Å². The van der Waals surface area contributed by atoms with Crippen LogP contribution in [-0.2, 0) is 30.4 Å². The van der Waals surface area contributed by atoms with Crippen LogP contribution in [0.3, 0.4) is 0 Å².